The Hall–Kier alpha value is -6.21. The Balaban J connectivity index is 0.000000206. The first-order valence-electron chi connectivity index (χ1n) is 16.7. The molecule has 0 unspecified atom stereocenters. The van der Waals surface area contributed by atoms with Crippen LogP contribution in [0.4, 0.5) is 16.0 Å². The van der Waals surface area contributed by atoms with E-state index in [9.17, 15) is 17.6 Å². The number of benzene rings is 3. The minimum atomic E-state index is -3.36. The van der Waals surface area contributed by atoms with Crippen LogP contribution in [0, 0.1) is 0 Å². The molecule has 0 aliphatic heterocycles. The minimum Gasteiger partial charge on any atom is -0.470 e. The van der Waals surface area contributed by atoms with Crippen molar-refractivity contribution in [1.29, 1.82) is 0 Å². The van der Waals surface area contributed by atoms with Gasteiger partial charge in [-0.05, 0) is 63.1 Å². The average Bonchev–Trinajstić information content (AvgIpc) is 3.16. The monoisotopic (exact) mass is 733 g/mol. The molecule has 0 saturated carbocycles. The number of pyridine rings is 1. The van der Waals surface area contributed by atoms with Crippen LogP contribution in [0.15, 0.2) is 125 Å². The largest absolute Gasteiger partial charge is 0.470 e. The van der Waals surface area contributed by atoms with E-state index in [0.717, 1.165) is 11.1 Å². The number of halogens is 1. The van der Waals surface area contributed by atoms with Gasteiger partial charge >= 0.3 is 0 Å². The highest BCUT2D eigenvalue weighted by molar-refractivity contribution is 7.92. The van der Waals surface area contributed by atoms with Gasteiger partial charge in [-0.1, -0.05) is 72.8 Å². The molecule has 3 aromatic heterocycles. The number of aromatic nitrogens is 5. The summed E-state index contributed by atoms with van der Waals surface area (Å²) in [5, 5.41) is -0.515. The number of nitrogen functional groups attached to an aromatic ring is 2. The fourth-order valence-corrected chi connectivity index (χ4v) is 6.04. The summed E-state index contributed by atoms with van der Waals surface area (Å²) in [6.07, 6.45) is 6.12. The number of sulfone groups is 1. The third-order valence-corrected chi connectivity index (χ3v) is 10.2. The van der Waals surface area contributed by atoms with Crippen LogP contribution in [0.25, 0.3) is 34.4 Å². The molecule has 0 atom stereocenters. The third-order valence-electron chi connectivity index (χ3n) is 7.99. The molecule has 4 N–H and O–H groups in total. The molecule has 3 aromatic carbocycles. The molecule has 13 heteroatoms. The lowest BCUT2D eigenvalue weighted by Crippen LogP contribution is -2.20. The molecular formula is C40H40FN7O4S. The maximum Gasteiger partial charge on any atom is 0.258 e. The van der Waals surface area contributed by atoms with E-state index < -0.39 is 20.9 Å². The van der Waals surface area contributed by atoms with Crippen molar-refractivity contribution in [2.75, 3.05) is 11.5 Å². The van der Waals surface area contributed by atoms with Gasteiger partial charge in [-0.2, -0.15) is 0 Å². The van der Waals surface area contributed by atoms with Crippen LogP contribution in [0.3, 0.4) is 0 Å². The van der Waals surface area contributed by atoms with Crippen LogP contribution in [0.2, 0.25) is 0 Å². The SMILES string of the molecule is CC(C)S(=O)(=O)c1ccc(-c2cnc(N)c(/C(F)=C/c3ccccc3)n2)cc1.CC(C)n1cc(-c2cnc(N)c(OCc3ccccc3)n2)ccc1=O. The molecule has 0 fully saturated rings. The molecule has 0 aliphatic carbocycles. The first-order chi connectivity index (χ1) is 25.3. The van der Waals surface area contributed by atoms with Gasteiger partial charge in [-0.3, -0.25) is 4.79 Å². The minimum absolute atomic E-state index is 0.0209. The Morgan fingerprint density at radius 1 is 0.792 bits per heavy atom. The van der Waals surface area contributed by atoms with Crippen molar-refractivity contribution in [2.24, 2.45) is 0 Å². The molecule has 3 heterocycles. The van der Waals surface area contributed by atoms with Gasteiger partial charge in [0, 0.05) is 29.4 Å². The smallest absolute Gasteiger partial charge is 0.258 e. The molecule has 53 heavy (non-hydrogen) atoms. The summed E-state index contributed by atoms with van der Waals surface area (Å²) in [5.74, 6) is -0.106. The zero-order chi connectivity index (χ0) is 38.1. The Bertz CT molecular complexity index is 2370. The standard InChI is InChI=1S/C21H20FN3O2S.C19H20N4O2/c1-14(2)28(26,27)17-10-8-16(9-11-17)19-13-24-21(23)20(25-19)18(22)12-15-6-4-3-5-7-15;1-13(2)23-11-15(8-9-17(23)24)16-10-21-18(20)19(22-16)25-12-14-6-4-3-5-7-14/h3-14H,1-2H3,(H2,23,24);3-11,13H,12H2,1-2H3,(H2,20,21)/b18-12-;. The molecular weight excluding hydrogens is 694 g/mol. The first-order valence-corrected chi connectivity index (χ1v) is 18.3. The zero-order valence-electron chi connectivity index (χ0n) is 29.7. The van der Waals surface area contributed by atoms with E-state index in [1.807, 2.05) is 50.2 Å². The predicted octanol–water partition coefficient (Wildman–Crippen LogP) is 7.42. The summed E-state index contributed by atoms with van der Waals surface area (Å²) in [5.41, 5.74) is 15.7. The van der Waals surface area contributed by atoms with Crippen molar-refractivity contribution in [2.45, 2.75) is 50.5 Å². The molecule has 272 valence electrons. The second-order valence-electron chi connectivity index (χ2n) is 12.5. The lowest BCUT2D eigenvalue weighted by Gasteiger charge is -2.12. The Morgan fingerprint density at radius 3 is 2.00 bits per heavy atom. The lowest BCUT2D eigenvalue weighted by atomic mass is 10.1. The number of hydrogen-bond acceptors (Lipinski definition) is 10. The number of rotatable bonds is 10. The van der Waals surface area contributed by atoms with E-state index in [2.05, 4.69) is 19.9 Å². The Kier molecular flexibility index (Phi) is 12.1. The van der Waals surface area contributed by atoms with Crippen molar-refractivity contribution in [1.82, 2.24) is 24.5 Å². The Morgan fingerprint density at radius 2 is 1.38 bits per heavy atom. The highest BCUT2D eigenvalue weighted by Crippen LogP contribution is 2.27. The number of nitrogens with zero attached hydrogens (tertiary/aromatic N) is 5. The molecule has 11 nitrogen and oxygen atoms in total. The van der Waals surface area contributed by atoms with E-state index in [1.54, 1.807) is 73.3 Å². The first kappa shape index (κ1) is 38.0. The number of ether oxygens (including phenoxy) is 1. The maximum atomic E-state index is 14.7. The second kappa shape index (κ2) is 16.9. The quantitative estimate of drug-likeness (QED) is 0.144. The summed E-state index contributed by atoms with van der Waals surface area (Å²) < 4.78 is 46.5. The highest BCUT2D eigenvalue weighted by Gasteiger charge is 2.19. The van der Waals surface area contributed by atoms with Gasteiger partial charge in [0.2, 0.25) is 0 Å². The third kappa shape index (κ3) is 9.57. The average molecular weight is 734 g/mol. The fourth-order valence-electron chi connectivity index (χ4n) is 4.98. The summed E-state index contributed by atoms with van der Waals surface area (Å²) >= 11 is 0. The van der Waals surface area contributed by atoms with Crippen molar-refractivity contribution in [3.63, 3.8) is 0 Å². The summed E-state index contributed by atoms with van der Waals surface area (Å²) in [6.45, 7) is 7.52. The van der Waals surface area contributed by atoms with Crippen molar-refractivity contribution < 1.29 is 17.5 Å². The summed E-state index contributed by atoms with van der Waals surface area (Å²) in [7, 11) is -3.36. The zero-order valence-corrected chi connectivity index (χ0v) is 30.5. The summed E-state index contributed by atoms with van der Waals surface area (Å²) in [4.78, 5) is 29.1. The van der Waals surface area contributed by atoms with Gasteiger partial charge in [0.25, 0.3) is 11.4 Å². The molecule has 6 aromatic rings. The van der Waals surface area contributed by atoms with Crippen molar-refractivity contribution >= 4 is 33.4 Å². The number of anilines is 2. The van der Waals surface area contributed by atoms with E-state index in [1.165, 1.54) is 30.5 Å². The van der Waals surface area contributed by atoms with Gasteiger partial charge in [-0.15, -0.1) is 0 Å². The van der Waals surface area contributed by atoms with Crippen LogP contribution in [0.1, 0.15) is 50.6 Å². The van der Waals surface area contributed by atoms with E-state index in [0.29, 0.717) is 29.1 Å². The Labute approximate surface area is 307 Å². The van der Waals surface area contributed by atoms with E-state index in [4.69, 9.17) is 16.2 Å². The van der Waals surface area contributed by atoms with Crippen LogP contribution in [-0.4, -0.2) is 38.2 Å². The van der Waals surface area contributed by atoms with Crippen LogP contribution in [-0.2, 0) is 16.4 Å². The van der Waals surface area contributed by atoms with Gasteiger partial charge in [0.05, 0.1) is 33.9 Å². The number of hydrogen-bond donors (Lipinski definition) is 2. The molecule has 6 rings (SSSR count). The maximum absolute atomic E-state index is 14.7. The fraction of sp³-hybridized carbons (Fsp3) is 0.175. The van der Waals surface area contributed by atoms with Gasteiger partial charge in [-0.25, -0.2) is 32.7 Å². The number of nitrogens with two attached hydrogens (primary N) is 2. The second-order valence-corrected chi connectivity index (χ2v) is 15.0. The van der Waals surface area contributed by atoms with Gasteiger partial charge < -0.3 is 20.8 Å². The lowest BCUT2D eigenvalue weighted by molar-refractivity contribution is 0.295. The normalized spacial score (nSPS) is 11.6. The molecule has 0 radical (unpaired) electrons. The predicted molar refractivity (Wildman–Crippen MR) is 207 cm³/mol. The molecule has 0 bridgehead atoms. The molecule has 0 aliphatic rings. The van der Waals surface area contributed by atoms with E-state index >= 15 is 0 Å². The highest BCUT2D eigenvalue weighted by atomic mass is 32.2. The van der Waals surface area contributed by atoms with Crippen LogP contribution in [0.5, 0.6) is 5.88 Å². The van der Waals surface area contributed by atoms with Crippen molar-refractivity contribution in [3.8, 4) is 28.4 Å². The molecule has 0 amide bonds. The topological polar surface area (TPSA) is 169 Å². The van der Waals surface area contributed by atoms with Gasteiger partial charge in [0.15, 0.2) is 27.3 Å². The van der Waals surface area contributed by atoms with Crippen LogP contribution >= 0.6 is 0 Å². The van der Waals surface area contributed by atoms with Crippen LogP contribution < -0.4 is 21.8 Å². The summed E-state index contributed by atoms with van der Waals surface area (Å²) in [6, 6.07) is 28.3. The van der Waals surface area contributed by atoms with Gasteiger partial charge in [0.1, 0.15) is 12.3 Å². The van der Waals surface area contributed by atoms with Crippen molar-refractivity contribution in [3.05, 3.63) is 143 Å². The molecule has 0 saturated heterocycles. The molecule has 0 spiro atoms. The van der Waals surface area contributed by atoms with E-state index in [-0.39, 0.29) is 39.7 Å².